The van der Waals surface area contributed by atoms with Gasteiger partial charge in [0.15, 0.2) is 0 Å². The van der Waals surface area contributed by atoms with Crippen LogP contribution in [0.5, 0.6) is 0 Å². The molecule has 1 heterocycles. The molecule has 6 heteroatoms. The van der Waals surface area contributed by atoms with Crippen molar-refractivity contribution in [3.05, 3.63) is 35.4 Å². The third kappa shape index (κ3) is 2.81. The van der Waals surface area contributed by atoms with Gasteiger partial charge in [0.25, 0.3) is 0 Å². The molecule has 18 heavy (non-hydrogen) atoms. The Balaban J connectivity index is 1.96. The van der Waals surface area contributed by atoms with E-state index in [0.717, 1.165) is 12.1 Å². The number of hydrogen-bond acceptors (Lipinski definition) is 2. The first kappa shape index (κ1) is 12.9. The Morgan fingerprint density at radius 2 is 1.83 bits per heavy atom. The first-order valence-electron chi connectivity index (χ1n) is 5.56. The fraction of sp³-hybridized carbons (Fsp3) is 0.417. The summed E-state index contributed by atoms with van der Waals surface area (Å²) in [5, 5.41) is 0. The van der Waals surface area contributed by atoms with Crippen LogP contribution in [0.2, 0.25) is 0 Å². The van der Waals surface area contributed by atoms with Gasteiger partial charge in [0, 0.05) is 19.1 Å². The molecule has 1 aliphatic rings. The van der Waals surface area contributed by atoms with E-state index in [1.54, 1.807) is 4.90 Å². The second kappa shape index (κ2) is 4.61. The van der Waals surface area contributed by atoms with Crippen LogP contribution in [0.3, 0.4) is 0 Å². The molecule has 1 aliphatic heterocycles. The summed E-state index contributed by atoms with van der Waals surface area (Å²) in [5.41, 5.74) is 5.42. The fourth-order valence-corrected chi connectivity index (χ4v) is 1.81. The van der Waals surface area contributed by atoms with E-state index in [1.165, 1.54) is 12.1 Å². The summed E-state index contributed by atoms with van der Waals surface area (Å²) in [4.78, 5) is 13.3. The molecule has 0 bridgehead atoms. The molecule has 2 N–H and O–H groups in total. The highest BCUT2D eigenvalue weighted by Gasteiger charge is 2.30. The number of amides is 1. The van der Waals surface area contributed by atoms with Gasteiger partial charge in [-0.2, -0.15) is 13.2 Å². The molecule has 0 aromatic heterocycles. The van der Waals surface area contributed by atoms with Gasteiger partial charge in [0.1, 0.15) is 0 Å². The highest BCUT2D eigenvalue weighted by molar-refractivity contribution is 5.79. The van der Waals surface area contributed by atoms with Crippen LogP contribution in [0.25, 0.3) is 0 Å². The molecule has 1 amide bonds. The number of nitrogens with two attached hydrogens (primary N) is 1. The molecule has 98 valence electrons. The van der Waals surface area contributed by atoms with E-state index in [1.807, 2.05) is 0 Å². The average molecular weight is 258 g/mol. The van der Waals surface area contributed by atoms with Crippen molar-refractivity contribution in [3.63, 3.8) is 0 Å². The van der Waals surface area contributed by atoms with Crippen LogP contribution < -0.4 is 5.73 Å². The van der Waals surface area contributed by atoms with Gasteiger partial charge in [-0.3, -0.25) is 4.79 Å². The molecule has 0 unspecified atom stereocenters. The standard InChI is InChI=1S/C12H13F3N2O/c13-12(14,15)9-3-1-8(2-4-9)5-11(18)17-6-10(16)7-17/h1-4,10H,5-7,16H2. The van der Waals surface area contributed by atoms with Gasteiger partial charge >= 0.3 is 6.18 Å². The highest BCUT2D eigenvalue weighted by Crippen LogP contribution is 2.29. The molecule has 1 saturated heterocycles. The van der Waals surface area contributed by atoms with Crippen LogP contribution in [0.1, 0.15) is 11.1 Å². The van der Waals surface area contributed by atoms with E-state index in [9.17, 15) is 18.0 Å². The Hall–Kier alpha value is -1.56. The fourth-order valence-electron chi connectivity index (χ4n) is 1.81. The maximum Gasteiger partial charge on any atom is 0.416 e. The maximum atomic E-state index is 12.3. The lowest BCUT2D eigenvalue weighted by Crippen LogP contribution is -2.58. The summed E-state index contributed by atoms with van der Waals surface area (Å²) >= 11 is 0. The molecule has 0 atom stereocenters. The zero-order valence-electron chi connectivity index (χ0n) is 9.57. The minimum Gasteiger partial charge on any atom is -0.339 e. The number of rotatable bonds is 2. The van der Waals surface area contributed by atoms with Crippen molar-refractivity contribution in [2.45, 2.75) is 18.6 Å². The van der Waals surface area contributed by atoms with E-state index in [-0.39, 0.29) is 18.4 Å². The second-order valence-electron chi connectivity index (χ2n) is 4.43. The monoisotopic (exact) mass is 258 g/mol. The summed E-state index contributed by atoms with van der Waals surface area (Å²) < 4.78 is 37.0. The molecule has 3 nitrogen and oxygen atoms in total. The summed E-state index contributed by atoms with van der Waals surface area (Å²) in [6.07, 6.45) is -4.22. The van der Waals surface area contributed by atoms with Gasteiger partial charge in [0.2, 0.25) is 5.91 Å². The Bertz CT molecular complexity index is 436. The number of carbonyl (C=O) groups excluding carboxylic acids is 1. The minimum atomic E-state index is -4.34. The molecule has 1 aromatic rings. The van der Waals surface area contributed by atoms with E-state index >= 15 is 0 Å². The van der Waals surface area contributed by atoms with Crippen molar-refractivity contribution >= 4 is 5.91 Å². The molecule has 0 saturated carbocycles. The zero-order chi connectivity index (χ0) is 13.3. The predicted molar refractivity (Wildman–Crippen MR) is 59.7 cm³/mol. The number of alkyl halides is 3. The molecule has 1 aromatic carbocycles. The Labute approximate surface area is 102 Å². The lowest BCUT2D eigenvalue weighted by molar-refractivity contribution is -0.137. The van der Waals surface area contributed by atoms with E-state index in [2.05, 4.69) is 0 Å². The molecule has 0 aliphatic carbocycles. The van der Waals surface area contributed by atoms with Gasteiger partial charge in [-0.25, -0.2) is 0 Å². The van der Waals surface area contributed by atoms with E-state index in [4.69, 9.17) is 5.73 Å². The lowest BCUT2D eigenvalue weighted by atomic mass is 10.1. The maximum absolute atomic E-state index is 12.3. The lowest BCUT2D eigenvalue weighted by Gasteiger charge is -2.36. The predicted octanol–water partition coefficient (Wildman–Crippen LogP) is 1.42. The number of hydrogen-bond donors (Lipinski definition) is 1. The first-order valence-corrected chi connectivity index (χ1v) is 5.56. The quantitative estimate of drug-likeness (QED) is 0.872. The normalized spacial score (nSPS) is 16.6. The largest absolute Gasteiger partial charge is 0.416 e. The van der Waals surface area contributed by atoms with Crippen LogP contribution in [0.4, 0.5) is 13.2 Å². The average Bonchev–Trinajstić information content (AvgIpc) is 2.24. The van der Waals surface area contributed by atoms with Crippen LogP contribution >= 0.6 is 0 Å². The van der Waals surface area contributed by atoms with Gasteiger partial charge in [-0.05, 0) is 17.7 Å². The second-order valence-corrected chi connectivity index (χ2v) is 4.43. The summed E-state index contributed by atoms with van der Waals surface area (Å²) in [7, 11) is 0. The Morgan fingerprint density at radius 1 is 1.28 bits per heavy atom. The van der Waals surface area contributed by atoms with Crippen molar-refractivity contribution in [2.24, 2.45) is 5.73 Å². The highest BCUT2D eigenvalue weighted by atomic mass is 19.4. The summed E-state index contributed by atoms with van der Waals surface area (Å²) in [5.74, 6) is -0.101. The smallest absolute Gasteiger partial charge is 0.339 e. The number of halogens is 3. The number of nitrogens with zero attached hydrogens (tertiary/aromatic N) is 1. The minimum absolute atomic E-state index is 0.0292. The van der Waals surface area contributed by atoms with Crippen LogP contribution in [-0.2, 0) is 17.4 Å². The number of carbonyl (C=O) groups is 1. The molecule has 0 radical (unpaired) electrons. The van der Waals surface area contributed by atoms with E-state index < -0.39 is 11.7 Å². The summed E-state index contributed by atoms with van der Waals surface area (Å²) in [6.45, 7) is 1.05. The van der Waals surface area contributed by atoms with Crippen molar-refractivity contribution in [1.29, 1.82) is 0 Å². The SMILES string of the molecule is NC1CN(C(=O)Cc2ccc(C(F)(F)F)cc2)C1. The van der Waals surface area contributed by atoms with Crippen molar-refractivity contribution in [2.75, 3.05) is 13.1 Å². The van der Waals surface area contributed by atoms with E-state index in [0.29, 0.717) is 18.7 Å². The van der Waals surface area contributed by atoms with Crippen molar-refractivity contribution in [1.82, 2.24) is 4.90 Å². The third-order valence-electron chi connectivity index (χ3n) is 2.90. The van der Waals surface area contributed by atoms with Gasteiger partial charge in [-0.1, -0.05) is 12.1 Å². The third-order valence-corrected chi connectivity index (χ3v) is 2.90. The molecule has 2 rings (SSSR count). The van der Waals surface area contributed by atoms with Gasteiger partial charge in [-0.15, -0.1) is 0 Å². The van der Waals surface area contributed by atoms with Crippen molar-refractivity contribution < 1.29 is 18.0 Å². The molecular formula is C12H13F3N2O. The topological polar surface area (TPSA) is 46.3 Å². The number of benzene rings is 1. The zero-order valence-corrected chi connectivity index (χ0v) is 9.57. The van der Waals surface area contributed by atoms with Crippen LogP contribution in [0.15, 0.2) is 24.3 Å². The van der Waals surface area contributed by atoms with Gasteiger partial charge < -0.3 is 10.6 Å². The Kier molecular flexibility index (Phi) is 3.30. The van der Waals surface area contributed by atoms with Crippen LogP contribution in [0, 0.1) is 0 Å². The first-order chi connectivity index (χ1) is 8.36. The van der Waals surface area contributed by atoms with Crippen LogP contribution in [-0.4, -0.2) is 29.9 Å². The summed E-state index contributed by atoms with van der Waals surface area (Å²) in [6, 6.07) is 4.68. The van der Waals surface area contributed by atoms with Gasteiger partial charge in [0.05, 0.1) is 12.0 Å². The molecule has 1 fully saturated rings. The van der Waals surface area contributed by atoms with Crippen molar-refractivity contribution in [3.8, 4) is 0 Å². The number of likely N-dealkylation sites (tertiary alicyclic amines) is 1. The molecular weight excluding hydrogens is 245 g/mol. The molecule has 0 spiro atoms. The Morgan fingerprint density at radius 3 is 2.28 bits per heavy atom.